The molecule has 11 aromatic rings. The number of hydrogen-bond acceptors (Lipinski definition) is 4. The molecule has 0 saturated heterocycles. The normalized spacial score (nSPS) is 11.3. The maximum absolute atomic E-state index is 6.05. The average Bonchev–Trinajstić information content (AvgIpc) is 3.73. The Kier molecular flexibility index (Phi) is 9.14. The third-order valence-electron chi connectivity index (χ3n) is 11.4. The van der Waals surface area contributed by atoms with E-state index in [1.54, 1.807) is 0 Å². The van der Waals surface area contributed by atoms with Crippen molar-refractivity contribution in [1.29, 1.82) is 0 Å². The van der Waals surface area contributed by atoms with E-state index >= 15 is 0 Å². The molecule has 61 heavy (non-hydrogen) atoms. The highest BCUT2D eigenvalue weighted by atomic mass is 16.3. The van der Waals surface area contributed by atoms with Gasteiger partial charge in [0.1, 0.15) is 11.2 Å². The minimum absolute atomic E-state index is 0.622. The van der Waals surface area contributed by atoms with Crippen molar-refractivity contribution in [2.45, 2.75) is 0 Å². The summed E-state index contributed by atoms with van der Waals surface area (Å²) in [6.07, 6.45) is 0. The third kappa shape index (κ3) is 7.07. The van der Waals surface area contributed by atoms with Crippen molar-refractivity contribution in [3.63, 3.8) is 0 Å². The van der Waals surface area contributed by atoms with E-state index in [9.17, 15) is 0 Å². The van der Waals surface area contributed by atoms with Crippen LogP contribution < -0.4 is 0 Å². The standard InChI is InChI=1S/C57H37N3O/c1-3-12-38(13-4-1)46-16-11-17-48(36-46)56-58-55(59-57(60-56)51-20-8-7-18-49(51)44-14-5-2-6-15-44)45-32-30-42(31-33-45)40-24-22-39(23-25-40)41-26-28-43(29-27-41)47-34-35-54-52(37-47)50-19-9-10-21-53(50)61-54/h1-37H. The molecule has 0 bridgehead atoms. The van der Waals surface area contributed by atoms with E-state index in [0.29, 0.717) is 17.5 Å². The molecule has 0 aliphatic rings. The highest BCUT2D eigenvalue weighted by Crippen LogP contribution is 2.36. The number of rotatable bonds is 8. The van der Waals surface area contributed by atoms with Gasteiger partial charge in [0, 0.05) is 27.5 Å². The van der Waals surface area contributed by atoms with E-state index < -0.39 is 0 Å². The molecule has 286 valence electrons. The molecular formula is C57H37N3O. The predicted molar refractivity (Wildman–Crippen MR) is 251 cm³/mol. The summed E-state index contributed by atoms with van der Waals surface area (Å²) in [6, 6.07) is 78.3. The summed E-state index contributed by atoms with van der Waals surface area (Å²) in [5.74, 6) is 1.88. The molecule has 4 nitrogen and oxygen atoms in total. The van der Waals surface area contributed by atoms with Crippen LogP contribution in [0.25, 0.3) is 112 Å². The Labute approximate surface area is 354 Å². The summed E-state index contributed by atoms with van der Waals surface area (Å²) in [5.41, 5.74) is 16.0. The second-order valence-corrected chi connectivity index (χ2v) is 15.2. The van der Waals surface area contributed by atoms with Gasteiger partial charge in [0.2, 0.25) is 0 Å². The van der Waals surface area contributed by atoms with Crippen LogP contribution in [0.2, 0.25) is 0 Å². The van der Waals surface area contributed by atoms with Gasteiger partial charge in [-0.05, 0) is 79.9 Å². The Hall–Kier alpha value is -8.21. The second-order valence-electron chi connectivity index (χ2n) is 15.2. The summed E-state index contributed by atoms with van der Waals surface area (Å²) >= 11 is 0. The Morgan fingerprint density at radius 2 is 0.639 bits per heavy atom. The van der Waals surface area contributed by atoms with Gasteiger partial charge >= 0.3 is 0 Å². The van der Waals surface area contributed by atoms with E-state index in [4.69, 9.17) is 19.4 Å². The van der Waals surface area contributed by atoms with E-state index in [1.807, 2.05) is 30.3 Å². The zero-order valence-corrected chi connectivity index (χ0v) is 33.1. The molecule has 0 saturated carbocycles. The second kappa shape index (κ2) is 15.5. The van der Waals surface area contributed by atoms with E-state index in [1.165, 1.54) is 22.3 Å². The van der Waals surface area contributed by atoms with Gasteiger partial charge in [0.05, 0.1) is 0 Å². The van der Waals surface area contributed by atoms with Crippen LogP contribution in [0.4, 0.5) is 0 Å². The van der Waals surface area contributed by atoms with Gasteiger partial charge in [0.15, 0.2) is 17.5 Å². The lowest BCUT2D eigenvalue weighted by atomic mass is 9.97. The van der Waals surface area contributed by atoms with Gasteiger partial charge in [-0.1, -0.05) is 200 Å². The summed E-state index contributed by atoms with van der Waals surface area (Å²) in [6.45, 7) is 0. The highest BCUT2D eigenvalue weighted by Gasteiger charge is 2.17. The molecule has 0 fully saturated rings. The van der Waals surface area contributed by atoms with Gasteiger partial charge < -0.3 is 4.42 Å². The van der Waals surface area contributed by atoms with Crippen LogP contribution in [0, 0.1) is 0 Å². The third-order valence-corrected chi connectivity index (χ3v) is 11.4. The number of hydrogen-bond donors (Lipinski definition) is 0. The first kappa shape index (κ1) is 35.9. The number of para-hydroxylation sites is 1. The molecule has 4 heteroatoms. The molecule has 0 amide bonds. The molecule has 0 aliphatic heterocycles. The molecule has 0 aliphatic carbocycles. The largest absolute Gasteiger partial charge is 0.456 e. The van der Waals surface area contributed by atoms with Crippen molar-refractivity contribution < 1.29 is 4.42 Å². The van der Waals surface area contributed by atoms with Crippen LogP contribution in [-0.2, 0) is 0 Å². The molecule has 2 aromatic heterocycles. The summed E-state index contributed by atoms with van der Waals surface area (Å²) < 4.78 is 6.05. The molecule has 9 aromatic carbocycles. The molecule has 11 rings (SSSR count). The molecule has 0 N–H and O–H groups in total. The Morgan fingerprint density at radius 3 is 1.30 bits per heavy atom. The lowest BCUT2D eigenvalue weighted by Crippen LogP contribution is -2.01. The van der Waals surface area contributed by atoms with Gasteiger partial charge in [-0.2, -0.15) is 0 Å². The van der Waals surface area contributed by atoms with Crippen molar-refractivity contribution in [3.8, 4) is 89.8 Å². The first-order valence-corrected chi connectivity index (χ1v) is 20.5. The maximum Gasteiger partial charge on any atom is 0.164 e. The first-order valence-electron chi connectivity index (χ1n) is 20.5. The van der Waals surface area contributed by atoms with E-state index in [0.717, 1.165) is 72.0 Å². The van der Waals surface area contributed by atoms with Gasteiger partial charge in [-0.15, -0.1) is 0 Å². The molecular weight excluding hydrogens is 743 g/mol. The first-order chi connectivity index (χ1) is 30.2. The SMILES string of the molecule is c1ccc(-c2cccc(-c3nc(-c4ccc(-c5ccc(-c6ccc(-c7ccc8oc9ccccc9c8c7)cc6)cc5)cc4)nc(-c4ccccc4-c4ccccc4)n3)c2)cc1. The topological polar surface area (TPSA) is 51.8 Å². The van der Waals surface area contributed by atoms with Crippen LogP contribution in [0.1, 0.15) is 0 Å². The van der Waals surface area contributed by atoms with Crippen molar-refractivity contribution in [2.24, 2.45) is 0 Å². The van der Waals surface area contributed by atoms with E-state index in [-0.39, 0.29) is 0 Å². The Balaban J connectivity index is 0.894. The summed E-state index contributed by atoms with van der Waals surface area (Å²) in [4.78, 5) is 15.4. The monoisotopic (exact) mass is 779 g/mol. The fourth-order valence-corrected chi connectivity index (χ4v) is 8.20. The smallest absolute Gasteiger partial charge is 0.164 e. The fourth-order valence-electron chi connectivity index (χ4n) is 8.20. The molecule has 0 spiro atoms. The Morgan fingerprint density at radius 1 is 0.230 bits per heavy atom. The lowest BCUT2D eigenvalue weighted by Gasteiger charge is -2.13. The molecule has 0 unspecified atom stereocenters. The van der Waals surface area contributed by atoms with Crippen LogP contribution in [-0.4, -0.2) is 15.0 Å². The van der Waals surface area contributed by atoms with Gasteiger partial charge in [-0.3, -0.25) is 0 Å². The number of benzene rings is 9. The highest BCUT2D eigenvalue weighted by molar-refractivity contribution is 6.06. The van der Waals surface area contributed by atoms with Crippen LogP contribution in [0.15, 0.2) is 229 Å². The molecule has 0 radical (unpaired) electrons. The predicted octanol–water partition coefficient (Wildman–Crippen LogP) is 15.1. The summed E-state index contributed by atoms with van der Waals surface area (Å²) in [7, 11) is 0. The number of furan rings is 1. The minimum Gasteiger partial charge on any atom is -0.456 e. The van der Waals surface area contributed by atoms with Crippen LogP contribution in [0.5, 0.6) is 0 Å². The summed E-state index contributed by atoms with van der Waals surface area (Å²) in [5, 5.41) is 2.28. The Bertz CT molecular complexity index is 3320. The van der Waals surface area contributed by atoms with E-state index in [2.05, 4.69) is 194 Å². The maximum atomic E-state index is 6.05. The lowest BCUT2D eigenvalue weighted by molar-refractivity contribution is 0.669. The van der Waals surface area contributed by atoms with Crippen LogP contribution >= 0.6 is 0 Å². The van der Waals surface area contributed by atoms with Crippen molar-refractivity contribution >= 4 is 21.9 Å². The zero-order valence-electron chi connectivity index (χ0n) is 33.1. The van der Waals surface area contributed by atoms with Gasteiger partial charge in [0.25, 0.3) is 0 Å². The molecule has 2 heterocycles. The number of aromatic nitrogens is 3. The fraction of sp³-hybridized carbons (Fsp3) is 0. The quantitative estimate of drug-likeness (QED) is 0.154. The van der Waals surface area contributed by atoms with Crippen molar-refractivity contribution in [3.05, 3.63) is 224 Å². The van der Waals surface area contributed by atoms with Crippen molar-refractivity contribution in [1.82, 2.24) is 15.0 Å². The number of fused-ring (bicyclic) bond motifs is 3. The minimum atomic E-state index is 0.622. The average molecular weight is 780 g/mol. The van der Waals surface area contributed by atoms with Gasteiger partial charge in [-0.25, -0.2) is 15.0 Å². The van der Waals surface area contributed by atoms with Crippen LogP contribution in [0.3, 0.4) is 0 Å². The number of nitrogens with zero attached hydrogens (tertiary/aromatic N) is 3. The van der Waals surface area contributed by atoms with Crippen molar-refractivity contribution in [2.75, 3.05) is 0 Å². The zero-order chi connectivity index (χ0) is 40.5. The molecule has 0 atom stereocenters.